The molecular weight excluding hydrogens is 421 g/mol. The molecule has 3 aromatic rings. The zero-order valence-electron chi connectivity index (χ0n) is 15.0. The summed E-state index contributed by atoms with van der Waals surface area (Å²) in [6.45, 7) is 2.48. The van der Waals surface area contributed by atoms with Gasteiger partial charge in [-0.3, -0.25) is 4.79 Å². The highest BCUT2D eigenvalue weighted by Gasteiger charge is 2.21. The zero-order valence-corrected chi connectivity index (χ0v) is 17.3. The number of imidazole rings is 1. The van der Waals surface area contributed by atoms with Crippen LogP contribution in [0.3, 0.4) is 0 Å². The van der Waals surface area contributed by atoms with Crippen LogP contribution in [0.5, 0.6) is 0 Å². The number of hydrogen-bond donors (Lipinski definition) is 0. The van der Waals surface area contributed by atoms with Crippen LogP contribution in [-0.2, 0) is 22.5 Å². The van der Waals surface area contributed by atoms with E-state index in [0.717, 1.165) is 16.9 Å². The number of amides is 1. The molecule has 1 saturated heterocycles. The second-order valence-electron chi connectivity index (χ2n) is 6.63. The molecule has 0 radical (unpaired) electrons. The molecule has 2 aromatic carbocycles. The lowest BCUT2D eigenvalue weighted by atomic mass is 10.1. The molecule has 0 spiro atoms. The van der Waals surface area contributed by atoms with E-state index in [0.29, 0.717) is 53.3 Å². The summed E-state index contributed by atoms with van der Waals surface area (Å²) >= 11 is 18.7. The molecule has 1 amide bonds. The molecule has 8 heteroatoms. The molecule has 4 rings (SSSR count). The fraction of sp³-hybridized carbons (Fsp3) is 0.300. The molecule has 5 nitrogen and oxygen atoms in total. The lowest BCUT2D eigenvalue weighted by Gasteiger charge is -2.27. The third kappa shape index (κ3) is 3.98. The fourth-order valence-electron chi connectivity index (χ4n) is 3.34. The summed E-state index contributed by atoms with van der Waals surface area (Å²) in [4.78, 5) is 19.4. The number of ether oxygens (including phenoxy) is 1. The number of hydrogen-bond acceptors (Lipinski definition) is 3. The van der Waals surface area contributed by atoms with E-state index >= 15 is 0 Å². The van der Waals surface area contributed by atoms with E-state index in [1.165, 1.54) is 0 Å². The highest BCUT2D eigenvalue weighted by atomic mass is 35.5. The van der Waals surface area contributed by atoms with Crippen molar-refractivity contribution in [3.05, 3.63) is 62.9 Å². The maximum absolute atomic E-state index is 12.9. The molecular formula is C20H18Cl3N3O2. The number of rotatable bonds is 4. The van der Waals surface area contributed by atoms with Crippen LogP contribution >= 0.6 is 34.8 Å². The molecule has 0 aliphatic carbocycles. The molecule has 2 heterocycles. The Morgan fingerprint density at radius 3 is 2.50 bits per heavy atom. The van der Waals surface area contributed by atoms with E-state index in [4.69, 9.17) is 44.5 Å². The summed E-state index contributed by atoms with van der Waals surface area (Å²) in [6.07, 6.45) is 0.500. The van der Waals surface area contributed by atoms with Gasteiger partial charge in [-0.15, -0.1) is 0 Å². The Morgan fingerprint density at radius 2 is 1.75 bits per heavy atom. The smallest absolute Gasteiger partial charge is 0.242 e. The molecule has 1 aliphatic heterocycles. The summed E-state index contributed by atoms with van der Waals surface area (Å²) in [7, 11) is 0. The Morgan fingerprint density at radius 1 is 1.04 bits per heavy atom. The fourth-order valence-corrected chi connectivity index (χ4v) is 3.86. The average Bonchev–Trinajstić information content (AvgIpc) is 3.01. The van der Waals surface area contributed by atoms with Crippen LogP contribution in [0.2, 0.25) is 15.1 Å². The molecule has 1 aliphatic rings. The van der Waals surface area contributed by atoms with E-state index in [9.17, 15) is 4.79 Å². The number of carbonyl (C=O) groups excluding carboxylic acids is 1. The predicted molar refractivity (Wildman–Crippen MR) is 111 cm³/mol. The number of aromatic nitrogens is 2. The third-order valence-electron chi connectivity index (χ3n) is 4.83. The van der Waals surface area contributed by atoms with Crippen molar-refractivity contribution in [2.24, 2.45) is 0 Å². The SMILES string of the molecule is O=C(Cn1c(Cc2ccccc2Cl)nc2cc(Cl)c(Cl)cc21)N1CCOCC1. The Hall–Kier alpha value is -1.79. The molecule has 0 N–H and O–H groups in total. The molecule has 0 bridgehead atoms. The van der Waals surface area contributed by atoms with Crippen LogP contribution in [0, 0.1) is 0 Å². The Kier molecular flexibility index (Phi) is 5.78. The number of halogens is 3. The Labute approximate surface area is 177 Å². The summed E-state index contributed by atoms with van der Waals surface area (Å²) in [6, 6.07) is 11.1. The van der Waals surface area contributed by atoms with Crippen molar-refractivity contribution in [2.45, 2.75) is 13.0 Å². The van der Waals surface area contributed by atoms with Gasteiger partial charge in [0, 0.05) is 24.5 Å². The van der Waals surface area contributed by atoms with Gasteiger partial charge in [0.05, 0.1) is 34.3 Å². The highest BCUT2D eigenvalue weighted by Crippen LogP contribution is 2.30. The van der Waals surface area contributed by atoms with Crippen molar-refractivity contribution in [2.75, 3.05) is 26.3 Å². The van der Waals surface area contributed by atoms with E-state index in [1.54, 1.807) is 12.1 Å². The van der Waals surface area contributed by atoms with E-state index in [-0.39, 0.29) is 12.5 Å². The van der Waals surface area contributed by atoms with Gasteiger partial charge in [0.2, 0.25) is 5.91 Å². The normalized spacial score (nSPS) is 14.6. The third-order valence-corrected chi connectivity index (χ3v) is 5.92. The molecule has 0 unspecified atom stereocenters. The van der Waals surface area contributed by atoms with Gasteiger partial charge in [0.25, 0.3) is 0 Å². The van der Waals surface area contributed by atoms with Gasteiger partial charge in [-0.2, -0.15) is 0 Å². The van der Waals surface area contributed by atoms with Crippen molar-refractivity contribution >= 4 is 51.7 Å². The van der Waals surface area contributed by atoms with Crippen LogP contribution in [0.25, 0.3) is 11.0 Å². The molecule has 28 heavy (non-hydrogen) atoms. The Bertz CT molecular complexity index is 1030. The zero-order chi connectivity index (χ0) is 19.7. The van der Waals surface area contributed by atoms with E-state index in [2.05, 4.69) is 0 Å². The molecule has 1 aromatic heterocycles. The van der Waals surface area contributed by atoms with Crippen molar-refractivity contribution in [3.8, 4) is 0 Å². The van der Waals surface area contributed by atoms with Crippen LogP contribution in [0.1, 0.15) is 11.4 Å². The number of nitrogens with zero attached hydrogens (tertiary/aromatic N) is 3. The average molecular weight is 439 g/mol. The summed E-state index contributed by atoms with van der Waals surface area (Å²) in [5, 5.41) is 1.53. The van der Waals surface area contributed by atoms with Gasteiger partial charge in [-0.1, -0.05) is 53.0 Å². The molecule has 1 fully saturated rings. The number of carbonyl (C=O) groups is 1. The number of benzene rings is 2. The first-order chi connectivity index (χ1) is 13.5. The largest absolute Gasteiger partial charge is 0.378 e. The second-order valence-corrected chi connectivity index (χ2v) is 7.85. The van der Waals surface area contributed by atoms with Crippen molar-refractivity contribution in [1.82, 2.24) is 14.5 Å². The lowest BCUT2D eigenvalue weighted by molar-refractivity contribution is -0.135. The highest BCUT2D eigenvalue weighted by molar-refractivity contribution is 6.42. The van der Waals surface area contributed by atoms with Crippen LogP contribution in [-0.4, -0.2) is 46.7 Å². The first-order valence-electron chi connectivity index (χ1n) is 8.96. The molecule has 146 valence electrons. The Balaban J connectivity index is 1.74. The van der Waals surface area contributed by atoms with Crippen molar-refractivity contribution in [3.63, 3.8) is 0 Å². The van der Waals surface area contributed by atoms with Crippen molar-refractivity contribution < 1.29 is 9.53 Å². The van der Waals surface area contributed by atoms with Crippen molar-refractivity contribution in [1.29, 1.82) is 0 Å². The summed E-state index contributed by atoms with van der Waals surface area (Å²) in [5.41, 5.74) is 2.42. The van der Waals surface area contributed by atoms with Crippen LogP contribution in [0.15, 0.2) is 36.4 Å². The lowest BCUT2D eigenvalue weighted by Crippen LogP contribution is -2.42. The monoisotopic (exact) mass is 437 g/mol. The number of morpholine rings is 1. The quantitative estimate of drug-likeness (QED) is 0.605. The number of fused-ring (bicyclic) bond motifs is 1. The van der Waals surface area contributed by atoms with Gasteiger partial charge in [0.1, 0.15) is 12.4 Å². The van der Waals surface area contributed by atoms with Gasteiger partial charge in [-0.05, 0) is 23.8 Å². The van der Waals surface area contributed by atoms with Crippen LogP contribution in [0.4, 0.5) is 0 Å². The van der Waals surface area contributed by atoms with Gasteiger partial charge >= 0.3 is 0 Å². The van der Waals surface area contributed by atoms with E-state index < -0.39 is 0 Å². The van der Waals surface area contributed by atoms with Gasteiger partial charge in [-0.25, -0.2) is 4.98 Å². The molecule has 0 saturated carbocycles. The van der Waals surface area contributed by atoms with E-state index in [1.807, 2.05) is 33.7 Å². The maximum Gasteiger partial charge on any atom is 0.242 e. The summed E-state index contributed by atoms with van der Waals surface area (Å²) in [5.74, 6) is 0.761. The first kappa shape index (κ1) is 19.5. The minimum absolute atomic E-state index is 0.0223. The van der Waals surface area contributed by atoms with Crippen LogP contribution < -0.4 is 0 Å². The minimum Gasteiger partial charge on any atom is -0.378 e. The van der Waals surface area contributed by atoms with Gasteiger partial charge in [0.15, 0.2) is 0 Å². The minimum atomic E-state index is 0.0223. The van der Waals surface area contributed by atoms with Gasteiger partial charge < -0.3 is 14.2 Å². The second kappa shape index (κ2) is 8.29. The molecule has 0 atom stereocenters. The topological polar surface area (TPSA) is 47.4 Å². The first-order valence-corrected chi connectivity index (χ1v) is 10.1. The summed E-state index contributed by atoms with van der Waals surface area (Å²) < 4.78 is 7.24. The predicted octanol–water partition coefficient (Wildman–Crippen LogP) is 4.45. The maximum atomic E-state index is 12.9. The standard InChI is InChI=1S/C20H18Cl3N3O2/c21-14-4-2-1-3-13(14)9-19-24-17-10-15(22)16(23)11-18(17)26(19)12-20(27)25-5-7-28-8-6-25/h1-4,10-11H,5-9,12H2.